The smallest absolute Gasteiger partial charge is 0.297 e. The predicted octanol–water partition coefficient (Wildman–Crippen LogP) is 1.97. The zero-order chi connectivity index (χ0) is 14.2. The van der Waals surface area contributed by atoms with Gasteiger partial charge in [0.1, 0.15) is 5.82 Å². The molecule has 4 nitrogen and oxygen atoms in total. The summed E-state index contributed by atoms with van der Waals surface area (Å²) >= 11 is 0. The lowest BCUT2D eigenvalue weighted by molar-refractivity contribution is -0.123. The molecule has 0 fully saturated rings. The van der Waals surface area contributed by atoms with Crippen molar-refractivity contribution in [1.82, 2.24) is 0 Å². The molecule has 0 bridgehead atoms. The monoisotopic (exact) mass is 263 g/mol. The molecule has 0 aliphatic carbocycles. The number of anilines is 1. The summed E-state index contributed by atoms with van der Waals surface area (Å²) in [5.41, 5.74) is -0.0453. The normalized spacial score (nSPS) is 15.6. The van der Waals surface area contributed by atoms with Crippen molar-refractivity contribution in [2.75, 3.05) is 11.4 Å². The molecule has 0 aromatic heterocycles. The fourth-order valence-electron chi connectivity index (χ4n) is 2.00. The van der Waals surface area contributed by atoms with Crippen molar-refractivity contribution >= 4 is 23.2 Å². The lowest BCUT2D eigenvalue weighted by atomic mass is 10.0. The number of para-hydroxylation sites is 1. The standard InChI is InChI=1S/C14H14FNO3/c1-3-8(2)11(17)7-16-12-9(13(18)14(16)19)5-4-6-10(12)15/h4-6,8H,3,7H2,1-2H3. The summed E-state index contributed by atoms with van der Waals surface area (Å²) in [5.74, 6) is -2.66. The predicted molar refractivity (Wildman–Crippen MR) is 67.5 cm³/mol. The van der Waals surface area contributed by atoms with Crippen LogP contribution in [0.1, 0.15) is 30.6 Å². The van der Waals surface area contributed by atoms with E-state index in [9.17, 15) is 18.8 Å². The van der Waals surface area contributed by atoms with Crippen LogP contribution in [0.4, 0.5) is 10.1 Å². The van der Waals surface area contributed by atoms with E-state index in [0.717, 1.165) is 4.90 Å². The molecule has 1 unspecified atom stereocenters. The van der Waals surface area contributed by atoms with Gasteiger partial charge in [0.05, 0.1) is 17.8 Å². The molecule has 0 saturated carbocycles. The van der Waals surface area contributed by atoms with Gasteiger partial charge >= 0.3 is 0 Å². The van der Waals surface area contributed by atoms with Gasteiger partial charge in [-0.1, -0.05) is 19.9 Å². The lowest BCUT2D eigenvalue weighted by Gasteiger charge is -2.18. The molecule has 0 radical (unpaired) electrons. The Bertz CT molecular complexity index is 568. The zero-order valence-corrected chi connectivity index (χ0v) is 10.8. The highest BCUT2D eigenvalue weighted by Crippen LogP contribution is 2.31. The second-order valence-corrected chi connectivity index (χ2v) is 4.63. The van der Waals surface area contributed by atoms with Gasteiger partial charge in [-0.2, -0.15) is 0 Å². The Kier molecular flexibility index (Phi) is 3.46. The number of rotatable bonds is 4. The first-order valence-electron chi connectivity index (χ1n) is 6.14. The summed E-state index contributed by atoms with van der Waals surface area (Å²) in [6, 6.07) is 3.94. The average Bonchev–Trinajstić information content (AvgIpc) is 2.64. The van der Waals surface area contributed by atoms with Crippen LogP contribution in [0.3, 0.4) is 0 Å². The highest BCUT2D eigenvalue weighted by atomic mass is 19.1. The van der Waals surface area contributed by atoms with Crippen molar-refractivity contribution < 1.29 is 18.8 Å². The molecule has 0 saturated heterocycles. The minimum absolute atomic E-state index is 0.0296. The van der Waals surface area contributed by atoms with Crippen LogP contribution in [-0.2, 0) is 9.59 Å². The van der Waals surface area contributed by atoms with Gasteiger partial charge in [0.2, 0.25) is 0 Å². The molecule has 1 atom stereocenters. The van der Waals surface area contributed by atoms with Crippen LogP contribution < -0.4 is 4.90 Å². The summed E-state index contributed by atoms with van der Waals surface area (Å²) in [4.78, 5) is 36.4. The number of amides is 1. The third-order valence-corrected chi connectivity index (χ3v) is 3.42. The molecule has 0 spiro atoms. The molecule has 1 aromatic rings. The number of hydrogen-bond donors (Lipinski definition) is 0. The topological polar surface area (TPSA) is 54.5 Å². The maximum atomic E-state index is 13.8. The molecule has 1 aliphatic heterocycles. The van der Waals surface area contributed by atoms with Crippen molar-refractivity contribution in [3.8, 4) is 0 Å². The van der Waals surface area contributed by atoms with Crippen molar-refractivity contribution in [2.45, 2.75) is 20.3 Å². The first-order chi connectivity index (χ1) is 8.97. The van der Waals surface area contributed by atoms with E-state index in [4.69, 9.17) is 0 Å². The van der Waals surface area contributed by atoms with E-state index in [1.165, 1.54) is 18.2 Å². The van der Waals surface area contributed by atoms with Crippen LogP contribution in [0.2, 0.25) is 0 Å². The van der Waals surface area contributed by atoms with Crippen LogP contribution in [-0.4, -0.2) is 24.0 Å². The third-order valence-electron chi connectivity index (χ3n) is 3.42. The van der Waals surface area contributed by atoms with Crippen molar-refractivity contribution in [3.05, 3.63) is 29.6 Å². The molecule has 1 heterocycles. The van der Waals surface area contributed by atoms with E-state index in [-0.39, 0.29) is 29.5 Å². The maximum absolute atomic E-state index is 13.8. The van der Waals surface area contributed by atoms with Gasteiger partial charge < -0.3 is 0 Å². The second kappa shape index (κ2) is 4.91. The van der Waals surface area contributed by atoms with Crippen LogP contribution >= 0.6 is 0 Å². The number of nitrogens with zero attached hydrogens (tertiary/aromatic N) is 1. The van der Waals surface area contributed by atoms with Crippen LogP contribution in [0.15, 0.2) is 18.2 Å². The third kappa shape index (κ3) is 2.16. The van der Waals surface area contributed by atoms with E-state index in [1.54, 1.807) is 6.92 Å². The largest absolute Gasteiger partial charge is 0.299 e. The molecule has 2 rings (SSSR count). The minimum Gasteiger partial charge on any atom is -0.297 e. The number of Topliss-reactive ketones (excluding diaryl/α,β-unsaturated/α-hetero) is 2. The Labute approximate surface area is 110 Å². The van der Waals surface area contributed by atoms with E-state index >= 15 is 0 Å². The molecule has 100 valence electrons. The summed E-state index contributed by atoms with van der Waals surface area (Å²) in [5, 5.41) is 0. The highest BCUT2D eigenvalue weighted by molar-refractivity contribution is 6.52. The molecule has 1 amide bonds. The SMILES string of the molecule is CCC(C)C(=O)CN1C(=O)C(=O)c2cccc(F)c21. The molecule has 19 heavy (non-hydrogen) atoms. The van der Waals surface area contributed by atoms with Gasteiger partial charge in [-0.15, -0.1) is 0 Å². The molecule has 1 aliphatic rings. The number of carbonyl (C=O) groups is 3. The lowest BCUT2D eigenvalue weighted by Crippen LogP contribution is -2.36. The van der Waals surface area contributed by atoms with Crippen LogP contribution in [0.25, 0.3) is 0 Å². The van der Waals surface area contributed by atoms with Crippen molar-refractivity contribution in [1.29, 1.82) is 0 Å². The zero-order valence-electron chi connectivity index (χ0n) is 10.8. The number of fused-ring (bicyclic) bond motifs is 1. The quantitative estimate of drug-likeness (QED) is 0.780. The fourth-order valence-corrected chi connectivity index (χ4v) is 2.00. The van der Waals surface area contributed by atoms with Gasteiger partial charge in [0.15, 0.2) is 5.78 Å². The fraction of sp³-hybridized carbons (Fsp3) is 0.357. The van der Waals surface area contributed by atoms with E-state index in [0.29, 0.717) is 6.42 Å². The minimum atomic E-state index is -0.836. The first-order valence-corrected chi connectivity index (χ1v) is 6.14. The van der Waals surface area contributed by atoms with E-state index in [2.05, 4.69) is 0 Å². The molecule has 5 heteroatoms. The Hall–Kier alpha value is -2.04. The van der Waals surface area contributed by atoms with Gasteiger partial charge in [-0.05, 0) is 18.6 Å². The number of hydrogen-bond acceptors (Lipinski definition) is 3. The number of halogens is 1. The van der Waals surface area contributed by atoms with Crippen molar-refractivity contribution in [2.24, 2.45) is 5.92 Å². The number of benzene rings is 1. The van der Waals surface area contributed by atoms with Crippen LogP contribution in [0.5, 0.6) is 0 Å². The summed E-state index contributed by atoms with van der Waals surface area (Å²) < 4.78 is 13.8. The Morgan fingerprint density at radius 3 is 2.68 bits per heavy atom. The maximum Gasteiger partial charge on any atom is 0.299 e. The molecule has 1 aromatic carbocycles. The van der Waals surface area contributed by atoms with Gasteiger partial charge in [0.25, 0.3) is 11.7 Å². The summed E-state index contributed by atoms with van der Waals surface area (Å²) in [6.07, 6.45) is 0.638. The van der Waals surface area contributed by atoms with Gasteiger partial charge in [0, 0.05) is 5.92 Å². The average molecular weight is 263 g/mol. The second-order valence-electron chi connectivity index (χ2n) is 4.63. The number of carbonyl (C=O) groups excluding carboxylic acids is 3. The molecular weight excluding hydrogens is 249 g/mol. The summed E-state index contributed by atoms with van der Waals surface area (Å²) in [7, 11) is 0. The Balaban J connectivity index is 2.36. The van der Waals surface area contributed by atoms with Crippen LogP contribution in [0, 0.1) is 11.7 Å². The van der Waals surface area contributed by atoms with E-state index in [1.807, 2.05) is 6.92 Å². The number of ketones is 2. The van der Waals surface area contributed by atoms with Gasteiger partial charge in [-0.3, -0.25) is 19.3 Å². The van der Waals surface area contributed by atoms with Crippen molar-refractivity contribution in [3.63, 3.8) is 0 Å². The van der Waals surface area contributed by atoms with Gasteiger partial charge in [-0.25, -0.2) is 4.39 Å². The molecule has 0 N–H and O–H groups in total. The molecular formula is C14H14FNO3. The highest BCUT2D eigenvalue weighted by Gasteiger charge is 2.39. The van der Waals surface area contributed by atoms with E-state index < -0.39 is 17.5 Å². The summed E-state index contributed by atoms with van der Waals surface area (Å²) in [6.45, 7) is 3.34. The first kappa shape index (κ1) is 13.4. The Morgan fingerprint density at radius 2 is 2.05 bits per heavy atom. The Morgan fingerprint density at radius 1 is 1.37 bits per heavy atom.